The lowest BCUT2D eigenvalue weighted by Crippen LogP contribution is -2.41. The molecule has 0 aromatic heterocycles. The van der Waals surface area contributed by atoms with Gasteiger partial charge < -0.3 is 24.1 Å². The lowest BCUT2D eigenvalue weighted by molar-refractivity contribution is 0.00578. The van der Waals surface area contributed by atoms with Gasteiger partial charge in [-0.05, 0) is 58.1 Å². The Balaban J connectivity index is 1.59. The fraction of sp³-hybridized carbons (Fsp3) is 0.684. The number of aliphatic hydroxyl groups excluding tert-OH is 1. The number of nitrogens with zero attached hydrogens (tertiary/aromatic N) is 1. The van der Waals surface area contributed by atoms with E-state index >= 15 is 0 Å². The van der Waals surface area contributed by atoms with E-state index in [1.165, 1.54) is 5.69 Å². The molecule has 0 saturated carbocycles. The van der Waals surface area contributed by atoms with E-state index < -0.39 is 0 Å². The van der Waals surface area contributed by atoms with E-state index in [-0.39, 0.29) is 31.0 Å². The van der Waals surface area contributed by atoms with Crippen LogP contribution >= 0.6 is 0 Å². The number of benzene rings is 1. The molecule has 1 aromatic carbocycles. The van der Waals surface area contributed by atoms with Crippen LogP contribution < -0.4 is 10.4 Å². The van der Waals surface area contributed by atoms with Crippen LogP contribution in [-0.4, -0.2) is 55.8 Å². The summed E-state index contributed by atoms with van der Waals surface area (Å²) in [5.41, 5.74) is 1.66. The van der Waals surface area contributed by atoms with E-state index in [1.807, 2.05) is 0 Å². The molecule has 2 aliphatic rings. The molecule has 2 heterocycles. The van der Waals surface area contributed by atoms with E-state index in [0.717, 1.165) is 31.4 Å². The molecule has 0 aliphatic carbocycles. The highest BCUT2D eigenvalue weighted by Gasteiger charge is 2.51. The van der Waals surface area contributed by atoms with Gasteiger partial charge in [0, 0.05) is 18.8 Å². The molecule has 2 aliphatic heterocycles. The van der Waals surface area contributed by atoms with E-state index in [0.29, 0.717) is 6.61 Å². The summed E-state index contributed by atoms with van der Waals surface area (Å²) in [6.45, 7) is 10.8. The summed E-state index contributed by atoms with van der Waals surface area (Å²) < 4.78 is 17.9. The van der Waals surface area contributed by atoms with Crippen molar-refractivity contribution in [2.24, 2.45) is 0 Å². The Bertz CT molecular complexity index is 551. The summed E-state index contributed by atoms with van der Waals surface area (Å²) in [6, 6.07) is 8.50. The van der Waals surface area contributed by atoms with Crippen molar-refractivity contribution in [1.82, 2.24) is 0 Å². The van der Waals surface area contributed by atoms with Gasteiger partial charge in [0.15, 0.2) is 0 Å². The van der Waals surface area contributed by atoms with Crippen molar-refractivity contribution in [3.63, 3.8) is 0 Å². The molecule has 0 atom stereocenters. The van der Waals surface area contributed by atoms with Crippen LogP contribution in [0.25, 0.3) is 0 Å². The van der Waals surface area contributed by atoms with Gasteiger partial charge in [-0.3, -0.25) is 0 Å². The molecule has 0 unspecified atom stereocenters. The van der Waals surface area contributed by atoms with Gasteiger partial charge in [0.2, 0.25) is 0 Å². The maximum absolute atomic E-state index is 8.85. The predicted molar refractivity (Wildman–Crippen MR) is 100 cm³/mol. The molecular weight excluding hydrogens is 317 g/mol. The number of piperidine rings is 1. The van der Waals surface area contributed by atoms with E-state index in [9.17, 15) is 0 Å². The molecule has 138 valence electrons. The highest BCUT2D eigenvalue weighted by Crippen LogP contribution is 2.36. The Labute approximate surface area is 151 Å². The number of anilines is 1. The standard InChI is InChI=1S/C19H30BNO4/c1-18(2)19(3,4)25-20(24-18)15-5-7-16(8-6-15)21-11-9-17(10-12-21)23-14-13-22/h5-8,17,22H,9-14H2,1-4H3. The average Bonchev–Trinajstić information content (AvgIpc) is 2.81. The van der Waals surface area contributed by atoms with Crippen LogP contribution in [0.1, 0.15) is 40.5 Å². The Hall–Kier alpha value is -1.08. The first-order chi connectivity index (χ1) is 11.8. The summed E-state index contributed by atoms with van der Waals surface area (Å²) in [4.78, 5) is 2.38. The first-order valence-electron chi connectivity index (χ1n) is 9.25. The lowest BCUT2D eigenvalue weighted by Gasteiger charge is -2.33. The molecule has 0 spiro atoms. The largest absolute Gasteiger partial charge is 0.494 e. The van der Waals surface area contributed by atoms with Crippen molar-refractivity contribution < 1.29 is 19.2 Å². The summed E-state index contributed by atoms with van der Waals surface area (Å²) >= 11 is 0. The van der Waals surface area contributed by atoms with Crippen LogP contribution in [-0.2, 0) is 14.0 Å². The molecule has 2 saturated heterocycles. The molecule has 0 amide bonds. The van der Waals surface area contributed by atoms with Crippen molar-refractivity contribution in [3.8, 4) is 0 Å². The van der Waals surface area contributed by atoms with Crippen molar-refractivity contribution in [1.29, 1.82) is 0 Å². The minimum absolute atomic E-state index is 0.0978. The van der Waals surface area contributed by atoms with Gasteiger partial charge in [-0.1, -0.05) is 12.1 Å². The topological polar surface area (TPSA) is 51.2 Å². The van der Waals surface area contributed by atoms with Crippen molar-refractivity contribution in [2.45, 2.75) is 57.8 Å². The second-order valence-electron chi connectivity index (χ2n) is 7.96. The molecule has 6 heteroatoms. The molecule has 25 heavy (non-hydrogen) atoms. The molecule has 1 aromatic rings. The first-order valence-corrected chi connectivity index (χ1v) is 9.25. The predicted octanol–water partition coefficient (Wildman–Crippen LogP) is 1.96. The second-order valence-corrected chi connectivity index (χ2v) is 7.96. The average molecular weight is 347 g/mol. The third-order valence-corrected chi connectivity index (χ3v) is 5.67. The van der Waals surface area contributed by atoms with Crippen LogP contribution in [0.5, 0.6) is 0 Å². The van der Waals surface area contributed by atoms with Crippen LogP contribution in [0, 0.1) is 0 Å². The summed E-state index contributed by atoms with van der Waals surface area (Å²) in [5.74, 6) is 0. The van der Waals surface area contributed by atoms with Gasteiger partial charge in [0.1, 0.15) is 0 Å². The quantitative estimate of drug-likeness (QED) is 0.826. The van der Waals surface area contributed by atoms with Crippen molar-refractivity contribution in [2.75, 3.05) is 31.2 Å². The molecule has 0 bridgehead atoms. The zero-order valence-electron chi connectivity index (χ0n) is 15.8. The van der Waals surface area contributed by atoms with Gasteiger partial charge in [0.05, 0.1) is 30.5 Å². The zero-order valence-corrected chi connectivity index (χ0v) is 15.8. The van der Waals surface area contributed by atoms with Crippen LogP contribution in [0.15, 0.2) is 24.3 Å². The Kier molecular flexibility index (Phi) is 5.44. The first kappa shape index (κ1) is 18.7. The van der Waals surface area contributed by atoms with Crippen LogP contribution in [0.2, 0.25) is 0 Å². The highest BCUT2D eigenvalue weighted by atomic mass is 16.7. The number of rotatable bonds is 5. The highest BCUT2D eigenvalue weighted by molar-refractivity contribution is 6.62. The molecule has 5 nitrogen and oxygen atoms in total. The molecule has 2 fully saturated rings. The maximum Gasteiger partial charge on any atom is 0.494 e. The number of hydrogen-bond acceptors (Lipinski definition) is 5. The number of ether oxygens (including phenoxy) is 1. The Morgan fingerprint density at radius 2 is 1.64 bits per heavy atom. The SMILES string of the molecule is CC1(C)OB(c2ccc(N3CCC(OCCO)CC3)cc2)OC1(C)C. The fourth-order valence-electron chi connectivity index (χ4n) is 3.32. The number of hydrogen-bond donors (Lipinski definition) is 1. The van der Waals surface area contributed by atoms with E-state index in [1.54, 1.807) is 0 Å². The lowest BCUT2D eigenvalue weighted by atomic mass is 9.79. The van der Waals surface area contributed by atoms with Crippen LogP contribution in [0.3, 0.4) is 0 Å². The van der Waals surface area contributed by atoms with Crippen molar-refractivity contribution in [3.05, 3.63) is 24.3 Å². The Morgan fingerprint density at radius 3 is 2.16 bits per heavy atom. The van der Waals surface area contributed by atoms with Gasteiger partial charge in [-0.2, -0.15) is 0 Å². The maximum atomic E-state index is 8.85. The van der Waals surface area contributed by atoms with E-state index in [4.69, 9.17) is 19.2 Å². The minimum atomic E-state index is -0.313. The van der Waals surface area contributed by atoms with Gasteiger partial charge in [0.25, 0.3) is 0 Å². The fourth-order valence-corrected chi connectivity index (χ4v) is 3.32. The summed E-state index contributed by atoms with van der Waals surface area (Å²) in [7, 11) is -0.309. The molecule has 0 radical (unpaired) electrons. The summed E-state index contributed by atoms with van der Waals surface area (Å²) in [5, 5.41) is 8.85. The minimum Gasteiger partial charge on any atom is -0.399 e. The Morgan fingerprint density at radius 1 is 1.08 bits per heavy atom. The van der Waals surface area contributed by atoms with Gasteiger partial charge >= 0.3 is 7.12 Å². The third kappa shape index (κ3) is 4.03. The monoisotopic (exact) mass is 347 g/mol. The third-order valence-electron chi connectivity index (χ3n) is 5.67. The van der Waals surface area contributed by atoms with Crippen molar-refractivity contribution >= 4 is 18.3 Å². The van der Waals surface area contributed by atoms with E-state index in [2.05, 4.69) is 56.9 Å². The molecule has 3 rings (SSSR count). The number of aliphatic hydroxyl groups is 1. The molecule has 1 N–H and O–H groups in total. The van der Waals surface area contributed by atoms with Gasteiger partial charge in [-0.15, -0.1) is 0 Å². The van der Waals surface area contributed by atoms with Gasteiger partial charge in [-0.25, -0.2) is 0 Å². The summed E-state index contributed by atoms with van der Waals surface area (Å²) in [6.07, 6.45) is 2.27. The smallest absolute Gasteiger partial charge is 0.399 e. The normalized spacial score (nSPS) is 23.2. The zero-order chi connectivity index (χ0) is 18.1. The molecular formula is C19H30BNO4. The second kappa shape index (κ2) is 7.27. The van der Waals surface area contributed by atoms with Crippen LogP contribution in [0.4, 0.5) is 5.69 Å².